The zero-order valence-electron chi connectivity index (χ0n) is 11.0. The molecule has 5 nitrogen and oxygen atoms in total. The van der Waals surface area contributed by atoms with Crippen molar-refractivity contribution in [1.29, 1.82) is 0 Å². The molecule has 1 heterocycles. The third-order valence-corrected chi connectivity index (χ3v) is 5.10. The molecule has 0 aromatic heterocycles. The second-order valence-corrected chi connectivity index (χ2v) is 6.49. The highest BCUT2D eigenvalue weighted by atomic mass is 32.2. The number of nitrogens with zero attached hydrogens (tertiary/aromatic N) is 1. The average Bonchev–Trinajstić information content (AvgIpc) is 2.46. The maximum absolute atomic E-state index is 13.0. The Morgan fingerprint density at radius 3 is 2.62 bits per heavy atom. The van der Waals surface area contributed by atoms with Crippen molar-refractivity contribution in [2.75, 3.05) is 26.2 Å². The number of hydrogen-bond acceptors (Lipinski definition) is 4. The lowest BCUT2D eigenvalue weighted by molar-refractivity contribution is -0.139. The molecule has 1 fully saturated rings. The summed E-state index contributed by atoms with van der Waals surface area (Å²) in [7, 11) is -4.24. The molecule has 1 aromatic rings. The lowest BCUT2D eigenvalue weighted by Crippen LogP contribution is -2.48. The van der Waals surface area contributed by atoms with Crippen LogP contribution in [0.5, 0.6) is 0 Å². The van der Waals surface area contributed by atoms with Crippen LogP contribution in [-0.2, 0) is 20.9 Å². The van der Waals surface area contributed by atoms with E-state index >= 15 is 0 Å². The van der Waals surface area contributed by atoms with Crippen molar-refractivity contribution in [3.8, 4) is 0 Å². The van der Waals surface area contributed by atoms with E-state index in [0.29, 0.717) is 0 Å². The number of morpholine rings is 1. The van der Waals surface area contributed by atoms with E-state index in [1.807, 2.05) is 0 Å². The maximum atomic E-state index is 13.0. The Morgan fingerprint density at radius 1 is 1.33 bits per heavy atom. The van der Waals surface area contributed by atoms with Crippen LogP contribution in [-0.4, -0.2) is 45.1 Å². The SMILES string of the molecule is NC[C@H]1CN(S(=O)(=O)c2ccccc2C(F)(F)F)CCO1. The standard InChI is InChI=1S/C12H15F3N2O3S/c13-12(14,15)10-3-1-2-4-11(10)21(18,19)17-5-6-20-9(7-16)8-17/h1-4,9H,5-8,16H2/t9-/m0/s1. The van der Waals surface area contributed by atoms with Gasteiger partial charge in [-0.15, -0.1) is 0 Å². The van der Waals surface area contributed by atoms with E-state index < -0.39 is 32.8 Å². The van der Waals surface area contributed by atoms with Crippen LogP contribution in [0.3, 0.4) is 0 Å². The molecule has 2 rings (SSSR count). The first kappa shape index (κ1) is 16.2. The number of nitrogens with two attached hydrogens (primary N) is 1. The van der Waals surface area contributed by atoms with Gasteiger partial charge in [0.2, 0.25) is 10.0 Å². The third-order valence-electron chi connectivity index (χ3n) is 3.17. The van der Waals surface area contributed by atoms with Crippen LogP contribution < -0.4 is 5.73 Å². The summed E-state index contributed by atoms with van der Waals surface area (Å²) in [4.78, 5) is -0.741. The average molecular weight is 324 g/mol. The van der Waals surface area contributed by atoms with Crippen LogP contribution in [0.1, 0.15) is 5.56 Å². The molecule has 21 heavy (non-hydrogen) atoms. The molecular weight excluding hydrogens is 309 g/mol. The molecule has 1 atom stereocenters. The quantitative estimate of drug-likeness (QED) is 0.902. The zero-order chi connectivity index (χ0) is 15.7. The molecule has 0 unspecified atom stereocenters. The van der Waals surface area contributed by atoms with Crippen molar-refractivity contribution in [1.82, 2.24) is 4.31 Å². The molecule has 2 N–H and O–H groups in total. The number of halogens is 3. The van der Waals surface area contributed by atoms with Crippen molar-refractivity contribution in [3.63, 3.8) is 0 Å². The topological polar surface area (TPSA) is 72.6 Å². The van der Waals surface area contributed by atoms with Gasteiger partial charge in [0.1, 0.15) is 0 Å². The summed E-state index contributed by atoms with van der Waals surface area (Å²) in [6.07, 6.45) is -5.24. The molecule has 0 saturated carbocycles. The first-order valence-corrected chi connectivity index (χ1v) is 7.69. The highest BCUT2D eigenvalue weighted by molar-refractivity contribution is 7.89. The molecular formula is C12H15F3N2O3S. The lowest BCUT2D eigenvalue weighted by Gasteiger charge is -2.32. The number of rotatable bonds is 3. The number of benzene rings is 1. The van der Waals surface area contributed by atoms with Gasteiger partial charge in [0.25, 0.3) is 0 Å². The van der Waals surface area contributed by atoms with Crippen LogP contribution in [0, 0.1) is 0 Å². The molecule has 0 amide bonds. The molecule has 1 saturated heterocycles. The van der Waals surface area contributed by atoms with Gasteiger partial charge in [-0.05, 0) is 12.1 Å². The molecule has 0 radical (unpaired) electrons. The number of hydrogen-bond donors (Lipinski definition) is 1. The van der Waals surface area contributed by atoms with Gasteiger partial charge in [0.05, 0.1) is 23.2 Å². The minimum Gasteiger partial charge on any atom is -0.374 e. The van der Waals surface area contributed by atoms with E-state index in [1.54, 1.807) is 0 Å². The van der Waals surface area contributed by atoms with Crippen LogP contribution in [0.25, 0.3) is 0 Å². The van der Waals surface area contributed by atoms with Crippen molar-refractivity contribution in [2.45, 2.75) is 17.2 Å². The molecule has 1 aliphatic rings. The summed E-state index contributed by atoms with van der Waals surface area (Å²) in [6.45, 7) is 0.165. The van der Waals surface area contributed by atoms with Gasteiger partial charge in [-0.2, -0.15) is 17.5 Å². The van der Waals surface area contributed by atoms with Crippen molar-refractivity contribution >= 4 is 10.0 Å². The highest BCUT2D eigenvalue weighted by Crippen LogP contribution is 2.35. The Kier molecular flexibility index (Phi) is 4.57. The van der Waals surface area contributed by atoms with Crippen molar-refractivity contribution < 1.29 is 26.3 Å². The van der Waals surface area contributed by atoms with E-state index in [2.05, 4.69) is 0 Å². The van der Waals surface area contributed by atoms with Crippen molar-refractivity contribution in [3.05, 3.63) is 29.8 Å². The fourth-order valence-electron chi connectivity index (χ4n) is 2.12. The van der Waals surface area contributed by atoms with E-state index in [-0.39, 0.29) is 26.2 Å². The van der Waals surface area contributed by atoms with Crippen LogP contribution >= 0.6 is 0 Å². The van der Waals surface area contributed by atoms with Gasteiger partial charge >= 0.3 is 6.18 Å². The summed E-state index contributed by atoms with van der Waals surface area (Å²) in [5.41, 5.74) is 4.25. The largest absolute Gasteiger partial charge is 0.417 e. The molecule has 0 aliphatic carbocycles. The van der Waals surface area contributed by atoms with Gasteiger partial charge in [-0.25, -0.2) is 8.42 Å². The maximum Gasteiger partial charge on any atom is 0.417 e. The first-order valence-electron chi connectivity index (χ1n) is 6.25. The Labute approximate surface area is 120 Å². The highest BCUT2D eigenvalue weighted by Gasteiger charge is 2.39. The summed E-state index contributed by atoms with van der Waals surface area (Å²) in [6, 6.07) is 4.14. The monoisotopic (exact) mass is 324 g/mol. The third kappa shape index (κ3) is 3.37. The van der Waals surface area contributed by atoms with Crippen LogP contribution in [0.15, 0.2) is 29.2 Å². The molecule has 0 bridgehead atoms. The summed E-state index contributed by atoms with van der Waals surface area (Å²) >= 11 is 0. The molecule has 118 valence electrons. The minimum absolute atomic E-state index is 0.00498. The Bertz CT molecular complexity index is 604. The summed E-state index contributed by atoms with van der Waals surface area (Å²) in [5.74, 6) is 0. The molecule has 9 heteroatoms. The Hall–Kier alpha value is -1.16. The summed E-state index contributed by atoms with van der Waals surface area (Å²) < 4.78 is 70.0. The van der Waals surface area contributed by atoms with Gasteiger partial charge in [0.15, 0.2) is 0 Å². The second kappa shape index (κ2) is 5.91. The Morgan fingerprint density at radius 2 is 2.00 bits per heavy atom. The predicted molar refractivity (Wildman–Crippen MR) is 69.0 cm³/mol. The first-order chi connectivity index (χ1) is 9.76. The zero-order valence-corrected chi connectivity index (χ0v) is 11.8. The smallest absolute Gasteiger partial charge is 0.374 e. The van der Waals surface area contributed by atoms with E-state index in [0.717, 1.165) is 22.5 Å². The normalized spacial score (nSPS) is 21.4. The number of ether oxygens (including phenoxy) is 1. The van der Waals surface area contributed by atoms with Gasteiger partial charge in [-0.1, -0.05) is 12.1 Å². The van der Waals surface area contributed by atoms with Crippen LogP contribution in [0.4, 0.5) is 13.2 Å². The number of alkyl halides is 3. The van der Waals surface area contributed by atoms with E-state index in [1.165, 1.54) is 6.07 Å². The molecule has 1 aliphatic heterocycles. The number of sulfonamides is 1. The fraction of sp³-hybridized carbons (Fsp3) is 0.500. The lowest BCUT2D eigenvalue weighted by atomic mass is 10.2. The second-order valence-electron chi connectivity index (χ2n) is 4.59. The van der Waals surface area contributed by atoms with Gasteiger partial charge in [0, 0.05) is 19.6 Å². The fourth-order valence-corrected chi connectivity index (χ4v) is 3.79. The Balaban J connectivity index is 2.41. The predicted octanol–water partition coefficient (Wildman–Crippen LogP) is 1.05. The summed E-state index contributed by atoms with van der Waals surface area (Å²) in [5, 5.41) is 0. The molecule has 1 aromatic carbocycles. The van der Waals surface area contributed by atoms with E-state index in [9.17, 15) is 21.6 Å². The van der Waals surface area contributed by atoms with E-state index in [4.69, 9.17) is 10.5 Å². The van der Waals surface area contributed by atoms with Crippen molar-refractivity contribution in [2.24, 2.45) is 5.73 Å². The van der Waals surface area contributed by atoms with Crippen LogP contribution in [0.2, 0.25) is 0 Å². The van der Waals surface area contributed by atoms with Gasteiger partial charge < -0.3 is 10.5 Å². The minimum atomic E-state index is -4.73. The van der Waals surface area contributed by atoms with Gasteiger partial charge in [-0.3, -0.25) is 0 Å². The molecule has 0 spiro atoms.